The number of rotatable bonds is 4. The van der Waals surface area contributed by atoms with Gasteiger partial charge in [0.2, 0.25) is 11.8 Å². The first-order chi connectivity index (χ1) is 8.08. The number of aromatic nitrogens is 2. The average molecular weight is 236 g/mol. The Hall–Kier alpha value is -1.85. The molecule has 1 unspecified atom stereocenters. The number of hydrogen-bond acceptors (Lipinski definition) is 3. The molecule has 0 saturated carbocycles. The van der Waals surface area contributed by atoms with E-state index in [1.165, 1.54) is 0 Å². The molecule has 1 aromatic heterocycles. The van der Waals surface area contributed by atoms with Crippen LogP contribution in [0.25, 0.3) is 0 Å². The number of carbonyl (C=O) groups is 2. The maximum absolute atomic E-state index is 11.6. The highest BCUT2D eigenvalue weighted by molar-refractivity contribution is 5.88. The zero-order valence-electron chi connectivity index (χ0n) is 9.80. The predicted molar refractivity (Wildman–Crippen MR) is 60.8 cm³/mol. The fourth-order valence-corrected chi connectivity index (χ4v) is 2.05. The van der Waals surface area contributed by atoms with Crippen molar-refractivity contribution < 1.29 is 9.59 Å². The normalized spacial score (nSPS) is 19.9. The zero-order chi connectivity index (χ0) is 12.4. The second-order valence-corrected chi connectivity index (χ2v) is 4.31. The largest absolute Gasteiger partial charge is 0.369 e. The van der Waals surface area contributed by atoms with Gasteiger partial charge in [-0.1, -0.05) is 0 Å². The van der Waals surface area contributed by atoms with Crippen LogP contribution in [0.3, 0.4) is 0 Å². The highest BCUT2D eigenvalue weighted by Crippen LogP contribution is 2.17. The second kappa shape index (κ2) is 4.57. The molecule has 92 valence electrons. The number of aryl methyl sites for hydroxylation is 1. The van der Waals surface area contributed by atoms with Crippen molar-refractivity contribution in [2.45, 2.75) is 19.9 Å². The van der Waals surface area contributed by atoms with Crippen LogP contribution >= 0.6 is 0 Å². The van der Waals surface area contributed by atoms with Crippen LogP contribution in [0.15, 0.2) is 12.4 Å². The van der Waals surface area contributed by atoms with Gasteiger partial charge in [0.25, 0.3) is 0 Å². The van der Waals surface area contributed by atoms with E-state index in [1.807, 2.05) is 17.7 Å². The maximum atomic E-state index is 11.6. The van der Waals surface area contributed by atoms with Gasteiger partial charge < -0.3 is 15.2 Å². The third kappa shape index (κ3) is 2.46. The van der Waals surface area contributed by atoms with Gasteiger partial charge in [0.15, 0.2) is 0 Å². The third-order valence-electron chi connectivity index (χ3n) is 3.15. The van der Waals surface area contributed by atoms with Crippen molar-refractivity contribution in [3.05, 3.63) is 18.2 Å². The maximum Gasteiger partial charge on any atom is 0.223 e. The number of amides is 2. The molecule has 6 nitrogen and oxygen atoms in total. The van der Waals surface area contributed by atoms with E-state index in [4.69, 9.17) is 5.73 Å². The molecular weight excluding hydrogens is 220 g/mol. The molecule has 2 rings (SSSR count). The minimum atomic E-state index is -0.389. The van der Waals surface area contributed by atoms with Crippen molar-refractivity contribution in [3.8, 4) is 0 Å². The van der Waals surface area contributed by atoms with Gasteiger partial charge >= 0.3 is 0 Å². The van der Waals surface area contributed by atoms with Crippen molar-refractivity contribution in [2.75, 3.05) is 13.1 Å². The highest BCUT2D eigenvalue weighted by Gasteiger charge is 2.32. The summed E-state index contributed by atoms with van der Waals surface area (Å²) in [6, 6.07) is 0. The lowest BCUT2D eigenvalue weighted by Crippen LogP contribution is -2.31. The predicted octanol–water partition coefficient (Wildman–Crippen LogP) is -0.475. The Morgan fingerprint density at radius 2 is 2.35 bits per heavy atom. The summed E-state index contributed by atoms with van der Waals surface area (Å²) in [6.45, 7) is 3.66. The summed E-state index contributed by atoms with van der Waals surface area (Å²) in [7, 11) is 0. The summed E-state index contributed by atoms with van der Waals surface area (Å²) in [5, 5.41) is 0. The molecule has 6 heteroatoms. The quantitative estimate of drug-likeness (QED) is 0.767. The van der Waals surface area contributed by atoms with Crippen LogP contribution in [-0.2, 0) is 16.1 Å². The Labute approximate surface area is 99.4 Å². The molecule has 1 saturated heterocycles. The molecule has 0 radical (unpaired) electrons. The van der Waals surface area contributed by atoms with Crippen LogP contribution in [0.1, 0.15) is 12.2 Å². The molecule has 0 aliphatic carbocycles. The molecule has 2 N–H and O–H groups in total. The smallest absolute Gasteiger partial charge is 0.223 e. The van der Waals surface area contributed by atoms with Crippen LogP contribution in [0.5, 0.6) is 0 Å². The number of nitrogens with two attached hydrogens (primary N) is 1. The summed E-state index contributed by atoms with van der Waals surface area (Å²) in [4.78, 5) is 28.4. The van der Waals surface area contributed by atoms with Gasteiger partial charge in [-0.25, -0.2) is 4.98 Å². The lowest BCUT2D eigenvalue weighted by Gasteiger charge is -2.16. The number of carbonyl (C=O) groups excluding carboxylic acids is 2. The Morgan fingerprint density at radius 3 is 2.88 bits per heavy atom. The van der Waals surface area contributed by atoms with Crippen molar-refractivity contribution >= 4 is 11.8 Å². The Kier molecular flexibility index (Phi) is 3.12. The minimum Gasteiger partial charge on any atom is -0.369 e. The van der Waals surface area contributed by atoms with E-state index < -0.39 is 0 Å². The van der Waals surface area contributed by atoms with Crippen LogP contribution in [0.2, 0.25) is 0 Å². The molecular formula is C11H16N4O2. The molecule has 1 aliphatic heterocycles. The number of likely N-dealkylation sites (tertiary alicyclic amines) is 1. The summed E-state index contributed by atoms with van der Waals surface area (Å²) < 4.78 is 1.98. The molecule has 17 heavy (non-hydrogen) atoms. The Morgan fingerprint density at radius 1 is 1.59 bits per heavy atom. The number of primary amides is 1. The van der Waals surface area contributed by atoms with Crippen LogP contribution in [0, 0.1) is 12.8 Å². The summed E-state index contributed by atoms with van der Waals surface area (Å²) in [6.07, 6.45) is 3.85. The standard InChI is InChI=1S/C11H16N4O2/c1-8-13-2-3-14(8)4-5-15-7-9(11(12)17)6-10(15)16/h2-3,9H,4-7H2,1H3,(H2,12,17). The van der Waals surface area contributed by atoms with Crippen LogP contribution < -0.4 is 5.73 Å². The average Bonchev–Trinajstić information content (AvgIpc) is 2.82. The van der Waals surface area contributed by atoms with Crippen LogP contribution in [0.4, 0.5) is 0 Å². The molecule has 0 bridgehead atoms. The van der Waals surface area contributed by atoms with Gasteiger partial charge in [-0.05, 0) is 6.92 Å². The molecule has 1 aromatic rings. The summed E-state index contributed by atoms with van der Waals surface area (Å²) in [5.74, 6) is 0.209. The van der Waals surface area contributed by atoms with E-state index in [0.717, 1.165) is 5.82 Å². The highest BCUT2D eigenvalue weighted by atomic mass is 16.2. The molecule has 1 fully saturated rings. The minimum absolute atomic E-state index is 0.00608. The number of nitrogens with zero attached hydrogens (tertiary/aromatic N) is 3. The Bertz CT molecular complexity index is 440. The van der Waals surface area contributed by atoms with Crippen LogP contribution in [-0.4, -0.2) is 39.4 Å². The van der Waals surface area contributed by atoms with Crippen molar-refractivity contribution in [2.24, 2.45) is 11.7 Å². The lowest BCUT2D eigenvalue weighted by molar-refractivity contribution is -0.128. The number of hydrogen-bond donors (Lipinski definition) is 1. The molecule has 1 atom stereocenters. The van der Waals surface area contributed by atoms with Crippen molar-refractivity contribution in [1.29, 1.82) is 0 Å². The molecule has 2 heterocycles. The monoisotopic (exact) mass is 236 g/mol. The van der Waals surface area contributed by atoms with Crippen molar-refractivity contribution in [3.63, 3.8) is 0 Å². The van der Waals surface area contributed by atoms with Gasteiger partial charge in [-0.3, -0.25) is 9.59 Å². The second-order valence-electron chi connectivity index (χ2n) is 4.31. The first kappa shape index (κ1) is 11.6. The van der Waals surface area contributed by atoms with E-state index in [-0.39, 0.29) is 24.2 Å². The SMILES string of the molecule is Cc1nccn1CCN1CC(C(N)=O)CC1=O. The van der Waals surface area contributed by atoms with E-state index >= 15 is 0 Å². The van der Waals surface area contributed by atoms with Gasteiger partial charge in [0.05, 0.1) is 5.92 Å². The van der Waals surface area contributed by atoms with E-state index in [1.54, 1.807) is 11.1 Å². The van der Waals surface area contributed by atoms with E-state index in [0.29, 0.717) is 19.6 Å². The fourth-order valence-electron chi connectivity index (χ4n) is 2.05. The summed E-state index contributed by atoms with van der Waals surface area (Å²) >= 11 is 0. The molecule has 2 amide bonds. The van der Waals surface area contributed by atoms with E-state index in [2.05, 4.69) is 4.98 Å². The molecule has 0 spiro atoms. The topological polar surface area (TPSA) is 81.2 Å². The van der Waals surface area contributed by atoms with Gasteiger partial charge in [0.1, 0.15) is 5.82 Å². The van der Waals surface area contributed by atoms with Gasteiger partial charge in [0, 0.05) is 38.4 Å². The van der Waals surface area contributed by atoms with Crippen molar-refractivity contribution in [1.82, 2.24) is 14.5 Å². The fraction of sp³-hybridized carbons (Fsp3) is 0.545. The third-order valence-corrected chi connectivity index (χ3v) is 3.15. The first-order valence-electron chi connectivity index (χ1n) is 5.62. The molecule has 1 aliphatic rings. The zero-order valence-corrected chi connectivity index (χ0v) is 9.80. The first-order valence-corrected chi connectivity index (χ1v) is 5.62. The van der Waals surface area contributed by atoms with Gasteiger partial charge in [-0.2, -0.15) is 0 Å². The number of imidazole rings is 1. The Balaban J connectivity index is 1.90. The molecule has 0 aromatic carbocycles. The lowest BCUT2D eigenvalue weighted by atomic mass is 10.1. The van der Waals surface area contributed by atoms with E-state index in [9.17, 15) is 9.59 Å². The van der Waals surface area contributed by atoms with Gasteiger partial charge in [-0.15, -0.1) is 0 Å². The summed E-state index contributed by atoms with van der Waals surface area (Å²) in [5.41, 5.74) is 5.20.